The summed E-state index contributed by atoms with van der Waals surface area (Å²) in [6.07, 6.45) is -0.343. The van der Waals surface area contributed by atoms with Crippen molar-refractivity contribution >= 4 is 0 Å². The Balaban J connectivity index is 1.64. The third kappa shape index (κ3) is 5.48. The van der Waals surface area contributed by atoms with E-state index in [1.54, 1.807) is 17.7 Å². The number of rotatable bonds is 9. The van der Waals surface area contributed by atoms with E-state index in [-0.39, 0.29) is 17.9 Å². The molecule has 1 aliphatic rings. The lowest BCUT2D eigenvalue weighted by Crippen LogP contribution is -2.54. The van der Waals surface area contributed by atoms with Crippen molar-refractivity contribution in [2.75, 3.05) is 20.3 Å². The van der Waals surface area contributed by atoms with Crippen molar-refractivity contribution in [3.05, 3.63) is 89.4 Å². The van der Waals surface area contributed by atoms with E-state index >= 15 is 0 Å². The Bertz CT molecular complexity index is 1570. The van der Waals surface area contributed by atoms with Crippen LogP contribution in [0.1, 0.15) is 34.9 Å². The highest BCUT2D eigenvalue weighted by Crippen LogP contribution is 2.41. The van der Waals surface area contributed by atoms with Gasteiger partial charge in [0.1, 0.15) is 42.0 Å². The van der Waals surface area contributed by atoms with E-state index in [9.17, 15) is 18.3 Å². The fourth-order valence-electron chi connectivity index (χ4n) is 5.24. The predicted octanol–water partition coefficient (Wildman–Crippen LogP) is 4.13. The minimum atomic E-state index is -1.58. The van der Waals surface area contributed by atoms with Crippen molar-refractivity contribution in [3.8, 4) is 16.9 Å². The molecule has 13 heteroatoms. The van der Waals surface area contributed by atoms with Gasteiger partial charge in [-0.15, -0.1) is 11.7 Å². The van der Waals surface area contributed by atoms with Crippen LogP contribution in [0.25, 0.3) is 16.9 Å². The molecule has 5 rings (SSSR count). The zero-order valence-corrected chi connectivity index (χ0v) is 23.5. The smallest absolute Gasteiger partial charge is 0.194 e. The zero-order chi connectivity index (χ0) is 30.1. The van der Waals surface area contributed by atoms with Gasteiger partial charge in [0.15, 0.2) is 23.3 Å². The summed E-state index contributed by atoms with van der Waals surface area (Å²) in [6, 6.07) is 6.87. The van der Waals surface area contributed by atoms with Gasteiger partial charge in [0.25, 0.3) is 0 Å². The van der Waals surface area contributed by atoms with E-state index in [0.717, 1.165) is 28.9 Å². The lowest BCUT2D eigenvalue weighted by molar-refractivity contribution is -0.227. The maximum atomic E-state index is 14.0. The molecule has 10 nitrogen and oxygen atoms in total. The van der Waals surface area contributed by atoms with Gasteiger partial charge in [0, 0.05) is 12.7 Å². The number of methoxy groups -OCH3 is 1. The summed E-state index contributed by atoms with van der Waals surface area (Å²) in [5, 5.41) is 23.3. The van der Waals surface area contributed by atoms with E-state index in [4.69, 9.17) is 19.2 Å². The molecule has 0 amide bonds. The minimum Gasteiger partial charge on any atom is -0.394 e. The van der Waals surface area contributed by atoms with Crippen LogP contribution in [-0.4, -0.2) is 73.5 Å². The second-order valence-corrected chi connectivity index (χ2v) is 10.1. The fraction of sp³-hybridized carbons (Fsp3) is 0.379. The highest BCUT2D eigenvalue weighted by Gasteiger charge is 2.50. The highest BCUT2D eigenvalue weighted by molar-refractivity contribution is 5.58. The normalized spacial score (nSPS) is 22.4. The number of aliphatic hydroxyl groups is 1. The van der Waals surface area contributed by atoms with E-state index in [0.29, 0.717) is 11.6 Å². The molecule has 1 aliphatic heterocycles. The van der Waals surface area contributed by atoms with Gasteiger partial charge in [-0.25, -0.2) is 27.5 Å². The lowest BCUT2D eigenvalue weighted by Gasteiger charge is -2.45. The second kappa shape index (κ2) is 12.1. The van der Waals surface area contributed by atoms with E-state index < -0.39 is 54.5 Å². The van der Waals surface area contributed by atoms with Crippen LogP contribution in [0, 0.1) is 38.2 Å². The van der Waals surface area contributed by atoms with Gasteiger partial charge in [-0.3, -0.25) is 0 Å². The summed E-state index contributed by atoms with van der Waals surface area (Å²) in [4.78, 5) is 4.70. The number of aromatic nitrogens is 6. The molecule has 2 aromatic carbocycles. The Labute approximate surface area is 240 Å². The number of nitrogens with zero attached hydrogens (tertiary/aromatic N) is 6. The molecular weight excluding hydrogens is 553 g/mol. The summed E-state index contributed by atoms with van der Waals surface area (Å²) >= 11 is 0. The highest BCUT2D eigenvalue weighted by atomic mass is 19.2. The number of halogens is 3. The first kappa shape index (κ1) is 29.6. The topological polar surface area (TPSA) is 109 Å². The molecule has 2 aromatic heterocycles. The van der Waals surface area contributed by atoms with Crippen molar-refractivity contribution in [1.82, 2.24) is 29.8 Å². The quantitative estimate of drug-likeness (QED) is 0.231. The predicted molar refractivity (Wildman–Crippen MR) is 145 cm³/mol. The van der Waals surface area contributed by atoms with Crippen LogP contribution >= 0.6 is 0 Å². The molecule has 3 heterocycles. The van der Waals surface area contributed by atoms with Crippen LogP contribution in [0.2, 0.25) is 0 Å². The largest absolute Gasteiger partial charge is 0.394 e. The van der Waals surface area contributed by atoms with Crippen LogP contribution < -0.4 is 0 Å². The number of benzene rings is 2. The van der Waals surface area contributed by atoms with Crippen LogP contribution in [0.5, 0.6) is 0 Å². The van der Waals surface area contributed by atoms with E-state index in [2.05, 4.69) is 22.0 Å². The van der Waals surface area contributed by atoms with Crippen LogP contribution in [-0.2, 0) is 14.2 Å². The standard InChI is InChI=1S/C29H31F3N6O4/c1-6-9-41-27-25(37-13-21(34-36-37)18-11-19(30)24(32)20(31)12-18)26(40-5)23(14-39)42-28(27)29-33-17(4)35-38(29)22-10-15(2)7-8-16(22)3/h6-8,10-13,23,25-28,39H,1,9,14H2,2-5H3. The molecule has 1 N–H and O–H groups in total. The zero-order valence-electron chi connectivity index (χ0n) is 23.5. The summed E-state index contributed by atoms with van der Waals surface area (Å²) in [7, 11) is 1.46. The number of hydrogen-bond donors (Lipinski definition) is 1. The molecule has 222 valence electrons. The lowest BCUT2D eigenvalue weighted by atomic mass is 9.91. The first-order valence-electron chi connectivity index (χ1n) is 13.3. The summed E-state index contributed by atoms with van der Waals surface area (Å²) < 4.78 is 63.2. The third-order valence-corrected chi connectivity index (χ3v) is 7.20. The molecule has 4 aromatic rings. The van der Waals surface area contributed by atoms with Crippen LogP contribution in [0.3, 0.4) is 0 Å². The maximum absolute atomic E-state index is 14.0. The number of ether oxygens (including phenoxy) is 3. The van der Waals surface area contributed by atoms with Gasteiger partial charge in [-0.1, -0.05) is 23.4 Å². The van der Waals surface area contributed by atoms with Crippen LogP contribution in [0.15, 0.2) is 49.2 Å². The van der Waals surface area contributed by atoms with Gasteiger partial charge in [0.2, 0.25) is 0 Å². The number of hydrogen-bond acceptors (Lipinski definition) is 8. The summed E-state index contributed by atoms with van der Waals surface area (Å²) in [5.74, 6) is -3.37. The molecule has 0 aliphatic carbocycles. The Kier molecular flexibility index (Phi) is 8.55. The van der Waals surface area contributed by atoms with Gasteiger partial charge < -0.3 is 19.3 Å². The molecule has 5 atom stereocenters. The number of aryl methyl sites for hydroxylation is 3. The molecule has 42 heavy (non-hydrogen) atoms. The van der Waals surface area contributed by atoms with Gasteiger partial charge in [-0.2, -0.15) is 5.10 Å². The van der Waals surface area contributed by atoms with Crippen molar-refractivity contribution in [2.24, 2.45) is 0 Å². The SMILES string of the molecule is C=CCOC1C(c2nc(C)nn2-c2cc(C)ccc2C)OC(CO)C(OC)C1n1cc(-c2cc(F)c(F)c(F)c2)nn1. The average Bonchev–Trinajstić information content (AvgIpc) is 3.62. The number of aliphatic hydroxyl groups excluding tert-OH is 1. The van der Waals surface area contributed by atoms with Crippen LogP contribution in [0.4, 0.5) is 13.2 Å². The molecule has 1 fully saturated rings. The molecule has 5 unspecified atom stereocenters. The monoisotopic (exact) mass is 584 g/mol. The Hall–Kier alpha value is -3.91. The van der Waals surface area contributed by atoms with Gasteiger partial charge in [-0.05, 0) is 50.1 Å². The molecular formula is C29H31F3N6O4. The van der Waals surface area contributed by atoms with Gasteiger partial charge >= 0.3 is 0 Å². The Morgan fingerprint density at radius 1 is 1.10 bits per heavy atom. The Morgan fingerprint density at radius 3 is 2.50 bits per heavy atom. The molecule has 0 radical (unpaired) electrons. The molecule has 0 bridgehead atoms. The van der Waals surface area contributed by atoms with Gasteiger partial charge in [0.05, 0.1) is 25.1 Å². The average molecular weight is 585 g/mol. The molecule has 0 spiro atoms. The minimum absolute atomic E-state index is 0.0113. The second-order valence-electron chi connectivity index (χ2n) is 10.1. The first-order chi connectivity index (χ1) is 20.2. The van der Waals surface area contributed by atoms with E-state index in [1.165, 1.54) is 18.0 Å². The first-order valence-corrected chi connectivity index (χ1v) is 13.3. The third-order valence-electron chi connectivity index (χ3n) is 7.20. The molecule has 1 saturated heterocycles. The van der Waals surface area contributed by atoms with Crippen molar-refractivity contribution in [1.29, 1.82) is 0 Å². The molecule has 0 saturated carbocycles. The van der Waals surface area contributed by atoms with Crippen molar-refractivity contribution < 1.29 is 32.5 Å². The summed E-state index contributed by atoms with van der Waals surface area (Å²) in [5.41, 5.74) is 2.85. The van der Waals surface area contributed by atoms with Crippen molar-refractivity contribution in [2.45, 2.75) is 51.2 Å². The Morgan fingerprint density at radius 2 is 1.83 bits per heavy atom. The fourth-order valence-corrected chi connectivity index (χ4v) is 5.24. The van der Waals surface area contributed by atoms with E-state index in [1.807, 2.05) is 32.0 Å². The summed E-state index contributed by atoms with van der Waals surface area (Å²) in [6.45, 7) is 9.17. The van der Waals surface area contributed by atoms with Crippen molar-refractivity contribution in [3.63, 3.8) is 0 Å². The maximum Gasteiger partial charge on any atom is 0.194 e.